The van der Waals surface area contributed by atoms with Crippen LogP contribution in [0.25, 0.3) is 0 Å². The first kappa shape index (κ1) is 16.2. The molecule has 3 nitrogen and oxygen atoms in total. The monoisotopic (exact) mass is 318 g/mol. The standard InChI is InChI=1S/C21H22N2O/c1-24-20-14-12-19(13-15-20)21(23-16-22,17-8-4-2-5-9-17)18-10-6-3-7-11-18/h2-15,23H,16,22H2,1H3. The lowest BCUT2D eigenvalue weighted by atomic mass is 9.77. The van der Waals surface area contributed by atoms with Gasteiger partial charge >= 0.3 is 0 Å². The number of methoxy groups -OCH3 is 1. The van der Waals surface area contributed by atoms with Gasteiger partial charge in [-0.05, 0) is 28.8 Å². The number of hydrogen-bond donors (Lipinski definition) is 2. The third-order valence-electron chi connectivity index (χ3n) is 4.30. The Morgan fingerprint density at radius 1 is 0.750 bits per heavy atom. The van der Waals surface area contributed by atoms with Gasteiger partial charge in [-0.2, -0.15) is 0 Å². The first-order chi connectivity index (χ1) is 11.8. The van der Waals surface area contributed by atoms with Crippen LogP contribution in [0.3, 0.4) is 0 Å². The maximum Gasteiger partial charge on any atom is 0.118 e. The predicted octanol–water partition coefficient (Wildman–Crippen LogP) is 3.49. The molecule has 0 aliphatic carbocycles. The molecule has 0 aliphatic heterocycles. The van der Waals surface area contributed by atoms with E-state index in [2.05, 4.69) is 66.0 Å². The van der Waals surface area contributed by atoms with Crippen molar-refractivity contribution in [3.63, 3.8) is 0 Å². The molecule has 0 aromatic heterocycles. The molecule has 122 valence electrons. The summed E-state index contributed by atoms with van der Waals surface area (Å²) in [4.78, 5) is 0. The van der Waals surface area contributed by atoms with E-state index in [1.165, 1.54) is 0 Å². The van der Waals surface area contributed by atoms with Gasteiger partial charge in [0, 0.05) is 6.67 Å². The Labute approximate surface area is 143 Å². The van der Waals surface area contributed by atoms with Gasteiger partial charge in [-0.3, -0.25) is 5.32 Å². The van der Waals surface area contributed by atoms with Crippen molar-refractivity contribution in [2.24, 2.45) is 5.73 Å². The van der Waals surface area contributed by atoms with E-state index >= 15 is 0 Å². The summed E-state index contributed by atoms with van der Waals surface area (Å²) in [5.41, 5.74) is 8.84. The number of benzene rings is 3. The SMILES string of the molecule is COc1ccc(C(NCN)(c2ccccc2)c2ccccc2)cc1. The van der Waals surface area contributed by atoms with Crippen molar-refractivity contribution < 1.29 is 4.74 Å². The van der Waals surface area contributed by atoms with Gasteiger partial charge in [0.1, 0.15) is 5.75 Å². The highest BCUT2D eigenvalue weighted by molar-refractivity contribution is 5.50. The minimum Gasteiger partial charge on any atom is -0.497 e. The molecule has 0 radical (unpaired) electrons. The number of rotatable bonds is 6. The molecule has 24 heavy (non-hydrogen) atoms. The highest BCUT2D eigenvalue weighted by Gasteiger charge is 2.35. The van der Waals surface area contributed by atoms with E-state index in [1.807, 2.05) is 24.3 Å². The summed E-state index contributed by atoms with van der Waals surface area (Å²) < 4.78 is 5.31. The zero-order valence-electron chi connectivity index (χ0n) is 13.8. The summed E-state index contributed by atoms with van der Waals surface area (Å²) in [5, 5.41) is 3.52. The molecule has 0 spiro atoms. The average Bonchev–Trinajstić information content (AvgIpc) is 2.68. The Balaban J connectivity index is 2.25. The first-order valence-electron chi connectivity index (χ1n) is 8.02. The highest BCUT2D eigenvalue weighted by atomic mass is 16.5. The number of ether oxygens (including phenoxy) is 1. The van der Waals surface area contributed by atoms with Crippen LogP contribution in [0.4, 0.5) is 0 Å². The van der Waals surface area contributed by atoms with Crippen molar-refractivity contribution in [2.45, 2.75) is 5.54 Å². The lowest BCUT2D eigenvalue weighted by molar-refractivity contribution is 0.413. The molecule has 0 bridgehead atoms. The Hall–Kier alpha value is -2.62. The van der Waals surface area contributed by atoms with E-state index in [0.29, 0.717) is 6.67 Å². The fraction of sp³-hybridized carbons (Fsp3) is 0.143. The van der Waals surface area contributed by atoms with Crippen molar-refractivity contribution >= 4 is 0 Å². The lowest BCUT2D eigenvalue weighted by Gasteiger charge is -2.36. The molecule has 0 saturated heterocycles. The fourth-order valence-electron chi connectivity index (χ4n) is 3.18. The van der Waals surface area contributed by atoms with Crippen LogP contribution < -0.4 is 15.8 Å². The van der Waals surface area contributed by atoms with Crippen LogP contribution in [-0.2, 0) is 5.54 Å². The Bertz CT molecular complexity index is 715. The minimum atomic E-state index is -0.510. The predicted molar refractivity (Wildman–Crippen MR) is 98.0 cm³/mol. The zero-order chi connectivity index (χ0) is 16.8. The summed E-state index contributed by atoms with van der Waals surface area (Å²) >= 11 is 0. The summed E-state index contributed by atoms with van der Waals surface area (Å²) in [6.07, 6.45) is 0. The topological polar surface area (TPSA) is 47.3 Å². The van der Waals surface area contributed by atoms with E-state index in [9.17, 15) is 0 Å². The lowest BCUT2D eigenvalue weighted by Crippen LogP contribution is -2.47. The number of hydrogen-bond acceptors (Lipinski definition) is 3. The van der Waals surface area contributed by atoms with Crippen LogP contribution >= 0.6 is 0 Å². The normalized spacial score (nSPS) is 11.2. The minimum absolute atomic E-state index is 0.357. The second-order valence-corrected chi connectivity index (χ2v) is 5.59. The molecule has 0 unspecified atom stereocenters. The molecular formula is C21H22N2O. The molecule has 3 rings (SSSR count). The van der Waals surface area contributed by atoms with Gasteiger partial charge in [-0.15, -0.1) is 0 Å². The smallest absolute Gasteiger partial charge is 0.118 e. The van der Waals surface area contributed by atoms with Crippen molar-refractivity contribution in [2.75, 3.05) is 13.8 Å². The van der Waals surface area contributed by atoms with Crippen molar-refractivity contribution in [3.05, 3.63) is 102 Å². The van der Waals surface area contributed by atoms with Gasteiger partial charge in [0.15, 0.2) is 0 Å². The van der Waals surface area contributed by atoms with Crippen LogP contribution in [0.5, 0.6) is 5.75 Å². The molecule has 3 heteroatoms. The average molecular weight is 318 g/mol. The van der Waals surface area contributed by atoms with Crippen LogP contribution in [0, 0.1) is 0 Å². The third kappa shape index (κ3) is 2.92. The summed E-state index contributed by atoms with van der Waals surface area (Å²) in [6.45, 7) is 0.357. The maximum atomic E-state index is 5.95. The summed E-state index contributed by atoms with van der Waals surface area (Å²) in [6, 6.07) is 28.9. The van der Waals surface area contributed by atoms with E-state index in [0.717, 1.165) is 22.4 Å². The quantitative estimate of drug-likeness (QED) is 0.540. The van der Waals surface area contributed by atoms with Crippen LogP contribution in [0.1, 0.15) is 16.7 Å². The summed E-state index contributed by atoms with van der Waals surface area (Å²) in [7, 11) is 1.68. The van der Waals surface area contributed by atoms with Gasteiger partial charge < -0.3 is 10.5 Å². The van der Waals surface area contributed by atoms with Gasteiger partial charge in [0.05, 0.1) is 12.6 Å². The van der Waals surface area contributed by atoms with E-state index in [4.69, 9.17) is 10.5 Å². The van der Waals surface area contributed by atoms with E-state index in [1.54, 1.807) is 7.11 Å². The molecule has 0 fully saturated rings. The third-order valence-corrected chi connectivity index (χ3v) is 4.30. The largest absolute Gasteiger partial charge is 0.497 e. The van der Waals surface area contributed by atoms with E-state index in [-0.39, 0.29) is 0 Å². The Kier molecular flexibility index (Phi) is 4.94. The van der Waals surface area contributed by atoms with Gasteiger partial charge in [0.25, 0.3) is 0 Å². The van der Waals surface area contributed by atoms with Crippen molar-refractivity contribution in [1.82, 2.24) is 5.32 Å². The molecular weight excluding hydrogens is 296 g/mol. The molecule has 3 aromatic carbocycles. The van der Waals surface area contributed by atoms with Gasteiger partial charge in [-0.25, -0.2) is 0 Å². The zero-order valence-corrected chi connectivity index (χ0v) is 13.8. The first-order valence-corrected chi connectivity index (χ1v) is 8.02. The second-order valence-electron chi connectivity index (χ2n) is 5.59. The Morgan fingerprint density at radius 3 is 1.62 bits per heavy atom. The highest BCUT2D eigenvalue weighted by Crippen LogP contribution is 2.37. The molecule has 0 amide bonds. The van der Waals surface area contributed by atoms with Gasteiger partial charge in [-0.1, -0.05) is 72.8 Å². The molecule has 3 aromatic rings. The fourth-order valence-corrected chi connectivity index (χ4v) is 3.18. The van der Waals surface area contributed by atoms with Crippen molar-refractivity contribution in [1.29, 1.82) is 0 Å². The number of nitrogens with two attached hydrogens (primary N) is 1. The second kappa shape index (κ2) is 7.30. The molecule has 0 heterocycles. The Morgan fingerprint density at radius 2 is 1.21 bits per heavy atom. The van der Waals surface area contributed by atoms with E-state index < -0.39 is 5.54 Å². The molecule has 0 atom stereocenters. The maximum absolute atomic E-state index is 5.95. The molecule has 0 aliphatic rings. The van der Waals surface area contributed by atoms with Crippen LogP contribution in [-0.4, -0.2) is 13.8 Å². The number of nitrogens with one attached hydrogen (secondary N) is 1. The molecule has 3 N–H and O–H groups in total. The van der Waals surface area contributed by atoms with Crippen LogP contribution in [0.2, 0.25) is 0 Å². The van der Waals surface area contributed by atoms with Crippen LogP contribution in [0.15, 0.2) is 84.9 Å². The molecule has 0 saturated carbocycles. The van der Waals surface area contributed by atoms with Crippen molar-refractivity contribution in [3.8, 4) is 5.75 Å². The summed E-state index contributed by atoms with van der Waals surface area (Å²) in [5.74, 6) is 0.835. The van der Waals surface area contributed by atoms with Gasteiger partial charge in [0.2, 0.25) is 0 Å².